The average molecular weight is 262 g/mol. The van der Waals surface area contributed by atoms with E-state index in [1.165, 1.54) is 6.07 Å². The molecular weight excluding hydrogens is 244 g/mol. The number of aromatic amines is 1. The van der Waals surface area contributed by atoms with E-state index in [1.807, 2.05) is 0 Å². The Hall–Kier alpha value is -2.22. The van der Waals surface area contributed by atoms with Gasteiger partial charge in [-0.15, -0.1) is 0 Å². The van der Waals surface area contributed by atoms with Gasteiger partial charge in [0, 0.05) is 17.3 Å². The fourth-order valence-corrected chi connectivity index (χ4v) is 1.28. The molecule has 0 bridgehead atoms. The van der Waals surface area contributed by atoms with Crippen molar-refractivity contribution in [2.75, 3.05) is 6.54 Å². The molecule has 1 heterocycles. The summed E-state index contributed by atoms with van der Waals surface area (Å²) in [5.74, 6) is 5.66. The summed E-state index contributed by atoms with van der Waals surface area (Å²) < 4.78 is 5.06. The molecule has 1 amide bonds. The third kappa shape index (κ3) is 5.77. The highest BCUT2D eigenvalue weighted by Gasteiger charge is 2.14. The van der Waals surface area contributed by atoms with Crippen LogP contribution in [0.1, 0.15) is 32.0 Å². The van der Waals surface area contributed by atoms with E-state index < -0.39 is 11.7 Å². The molecule has 102 valence electrons. The van der Waals surface area contributed by atoms with E-state index in [1.54, 1.807) is 33.8 Å². The summed E-state index contributed by atoms with van der Waals surface area (Å²) in [7, 11) is 0. The number of carbonyl (C=O) groups is 1. The first-order valence-electron chi connectivity index (χ1n) is 5.93. The summed E-state index contributed by atoms with van der Waals surface area (Å²) in [6, 6.07) is 3.06. The number of aryl methyl sites for hydroxylation is 1. The molecule has 0 aliphatic heterocycles. The van der Waals surface area contributed by atoms with Crippen LogP contribution in [-0.2, 0) is 4.74 Å². The normalized spacial score (nSPS) is 10.3. The van der Waals surface area contributed by atoms with Gasteiger partial charge in [-0.05, 0) is 33.8 Å². The van der Waals surface area contributed by atoms with E-state index in [-0.39, 0.29) is 12.1 Å². The fraction of sp³-hybridized carbons (Fsp3) is 0.429. The average Bonchev–Trinajstić information content (AvgIpc) is 2.24. The molecule has 0 aliphatic rings. The Balaban J connectivity index is 2.52. The third-order valence-electron chi connectivity index (χ3n) is 2.06. The van der Waals surface area contributed by atoms with Crippen LogP contribution in [0.2, 0.25) is 0 Å². The molecule has 19 heavy (non-hydrogen) atoms. The lowest BCUT2D eigenvalue weighted by Gasteiger charge is -2.19. The Morgan fingerprint density at radius 3 is 2.68 bits per heavy atom. The monoisotopic (exact) mass is 262 g/mol. The fourth-order valence-electron chi connectivity index (χ4n) is 1.28. The highest BCUT2D eigenvalue weighted by Crippen LogP contribution is 2.06. The van der Waals surface area contributed by atoms with Gasteiger partial charge in [-0.25, -0.2) is 4.79 Å². The van der Waals surface area contributed by atoms with Gasteiger partial charge in [0.15, 0.2) is 0 Å². The quantitative estimate of drug-likeness (QED) is 0.754. The van der Waals surface area contributed by atoms with Gasteiger partial charge < -0.3 is 15.0 Å². The van der Waals surface area contributed by atoms with Crippen LogP contribution in [0, 0.1) is 18.8 Å². The van der Waals surface area contributed by atoms with Gasteiger partial charge in [-0.2, -0.15) is 0 Å². The molecule has 1 aromatic heterocycles. The summed E-state index contributed by atoms with van der Waals surface area (Å²) in [4.78, 5) is 25.0. The van der Waals surface area contributed by atoms with Gasteiger partial charge >= 0.3 is 6.09 Å². The van der Waals surface area contributed by atoms with Crippen LogP contribution < -0.4 is 10.9 Å². The summed E-state index contributed by atoms with van der Waals surface area (Å²) in [5, 5.41) is 2.53. The molecule has 0 unspecified atom stereocenters. The second-order valence-electron chi connectivity index (χ2n) is 5.02. The summed E-state index contributed by atoms with van der Waals surface area (Å²) in [6.07, 6.45) is -0.500. The van der Waals surface area contributed by atoms with Crippen molar-refractivity contribution >= 4 is 6.09 Å². The smallest absolute Gasteiger partial charge is 0.408 e. The second kappa shape index (κ2) is 6.10. The highest BCUT2D eigenvalue weighted by molar-refractivity contribution is 5.68. The van der Waals surface area contributed by atoms with Crippen molar-refractivity contribution in [3.8, 4) is 11.8 Å². The number of carbonyl (C=O) groups excluding carboxylic acids is 1. The van der Waals surface area contributed by atoms with Gasteiger partial charge in [0.1, 0.15) is 5.60 Å². The molecule has 0 spiro atoms. The molecule has 5 heteroatoms. The predicted molar refractivity (Wildman–Crippen MR) is 72.9 cm³/mol. The van der Waals surface area contributed by atoms with Crippen molar-refractivity contribution in [1.82, 2.24) is 10.3 Å². The van der Waals surface area contributed by atoms with Crippen molar-refractivity contribution in [3.63, 3.8) is 0 Å². The molecule has 2 N–H and O–H groups in total. The van der Waals surface area contributed by atoms with Crippen LogP contribution in [0.3, 0.4) is 0 Å². The number of hydrogen-bond acceptors (Lipinski definition) is 3. The lowest BCUT2D eigenvalue weighted by molar-refractivity contribution is 0.0535. The van der Waals surface area contributed by atoms with Gasteiger partial charge in [-0.1, -0.05) is 11.8 Å². The number of nitrogens with one attached hydrogen (secondary N) is 2. The number of aromatic nitrogens is 1. The van der Waals surface area contributed by atoms with Gasteiger partial charge in [0.05, 0.1) is 6.54 Å². The lowest BCUT2D eigenvalue weighted by Crippen LogP contribution is -2.32. The van der Waals surface area contributed by atoms with Crippen molar-refractivity contribution in [1.29, 1.82) is 0 Å². The largest absolute Gasteiger partial charge is 0.444 e. The van der Waals surface area contributed by atoms with E-state index >= 15 is 0 Å². The molecule has 0 aromatic carbocycles. The van der Waals surface area contributed by atoms with Gasteiger partial charge in [0.2, 0.25) is 5.56 Å². The minimum Gasteiger partial charge on any atom is -0.444 e. The molecule has 0 saturated carbocycles. The second-order valence-corrected chi connectivity index (χ2v) is 5.02. The van der Waals surface area contributed by atoms with E-state index in [9.17, 15) is 9.59 Å². The van der Waals surface area contributed by atoms with E-state index in [4.69, 9.17) is 4.74 Å². The number of ether oxygens (including phenoxy) is 1. The number of pyridine rings is 1. The zero-order valence-corrected chi connectivity index (χ0v) is 11.6. The number of rotatable bonds is 1. The highest BCUT2D eigenvalue weighted by atomic mass is 16.6. The molecule has 1 aromatic rings. The summed E-state index contributed by atoms with van der Waals surface area (Å²) in [5.41, 5.74) is 0.755. The van der Waals surface area contributed by atoms with Crippen LogP contribution in [-0.4, -0.2) is 23.2 Å². The molecule has 5 nitrogen and oxygen atoms in total. The maximum absolute atomic E-state index is 11.3. The maximum atomic E-state index is 11.3. The third-order valence-corrected chi connectivity index (χ3v) is 2.06. The summed E-state index contributed by atoms with van der Waals surface area (Å²) in [6.45, 7) is 7.34. The molecule has 0 saturated heterocycles. The number of amides is 1. The summed E-state index contributed by atoms with van der Waals surface area (Å²) >= 11 is 0. The molecule has 1 rings (SSSR count). The Morgan fingerprint density at radius 2 is 2.11 bits per heavy atom. The van der Waals surface area contributed by atoms with Crippen molar-refractivity contribution < 1.29 is 9.53 Å². The predicted octanol–water partition coefficient (Wildman–Crippen LogP) is 1.56. The Kier molecular flexibility index (Phi) is 4.76. The lowest BCUT2D eigenvalue weighted by atomic mass is 10.2. The van der Waals surface area contributed by atoms with E-state index in [0.29, 0.717) is 5.69 Å². The molecule has 0 atom stereocenters. The molecule has 0 aliphatic carbocycles. The van der Waals surface area contributed by atoms with Crippen LogP contribution in [0.25, 0.3) is 0 Å². The Morgan fingerprint density at radius 1 is 1.42 bits per heavy atom. The Labute approximate surface area is 112 Å². The topological polar surface area (TPSA) is 71.2 Å². The first kappa shape index (κ1) is 14.8. The number of alkyl carbamates (subject to hydrolysis) is 1. The first-order valence-corrected chi connectivity index (χ1v) is 5.93. The Bertz CT molecular complexity index is 571. The van der Waals surface area contributed by atoms with E-state index in [2.05, 4.69) is 22.1 Å². The maximum Gasteiger partial charge on any atom is 0.408 e. The van der Waals surface area contributed by atoms with Crippen LogP contribution >= 0.6 is 0 Å². The van der Waals surface area contributed by atoms with Gasteiger partial charge in [0.25, 0.3) is 0 Å². The zero-order valence-electron chi connectivity index (χ0n) is 11.6. The molecular formula is C14H18N2O3. The van der Waals surface area contributed by atoms with Crippen molar-refractivity contribution in [3.05, 3.63) is 33.7 Å². The van der Waals surface area contributed by atoms with E-state index in [0.717, 1.165) is 5.56 Å². The number of hydrogen-bond donors (Lipinski definition) is 2. The van der Waals surface area contributed by atoms with Crippen LogP contribution in [0.4, 0.5) is 4.79 Å². The minimum atomic E-state index is -0.521. The van der Waals surface area contributed by atoms with Crippen molar-refractivity contribution in [2.24, 2.45) is 0 Å². The van der Waals surface area contributed by atoms with Crippen LogP contribution in [0.15, 0.2) is 16.9 Å². The van der Waals surface area contributed by atoms with Crippen LogP contribution in [0.5, 0.6) is 0 Å². The first-order chi connectivity index (χ1) is 8.78. The van der Waals surface area contributed by atoms with Crippen molar-refractivity contribution in [2.45, 2.75) is 33.3 Å². The SMILES string of the molecule is Cc1[nH]c(=O)ccc1C#CCNC(=O)OC(C)(C)C. The standard InChI is InChI=1S/C14H18N2O3/c1-10-11(7-8-12(17)16-10)6-5-9-15-13(18)19-14(2,3)4/h7-8H,9H2,1-4H3,(H,15,18)(H,16,17). The molecule has 0 fully saturated rings. The van der Waals surface area contributed by atoms with Gasteiger partial charge in [-0.3, -0.25) is 4.79 Å². The molecule has 0 radical (unpaired) electrons. The number of H-pyrrole nitrogens is 1. The zero-order chi connectivity index (χ0) is 14.5. The minimum absolute atomic E-state index is 0.157.